The van der Waals surface area contributed by atoms with E-state index in [4.69, 9.17) is 4.52 Å². The van der Waals surface area contributed by atoms with Gasteiger partial charge in [0.25, 0.3) is 0 Å². The highest BCUT2D eigenvalue weighted by molar-refractivity contribution is 14.0. The van der Waals surface area contributed by atoms with Crippen LogP contribution < -0.4 is 10.6 Å². The Morgan fingerprint density at radius 1 is 1.20 bits per heavy atom. The van der Waals surface area contributed by atoms with E-state index in [1.165, 1.54) is 5.56 Å². The second-order valence-electron chi connectivity index (χ2n) is 3.99. The van der Waals surface area contributed by atoms with Crippen LogP contribution in [0.5, 0.6) is 0 Å². The Hall–Kier alpha value is -1.64. The van der Waals surface area contributed by atoms with Crippen LogP contribution in [0, 0.1) is 6.92 Å². The minimum Gasteiger partial charge on any atom is -0.352 e. The van der Waals surface area contributed by atoms with E-state index in [0.29, 0.717) is 30.8 Å². The number of hydrogen-bond donors (Lipinski definition) is 2. The van der Waals surface area contributed by atoms with Crippen molar-refractivity contribution in [2.45, 2.75) is 20.0 Å². The molecule has 0 amide bonds. The molecule has 0 unspecified atom stereocenters. The number of nitrogens with one attached hydrogen (secondary N) is 2. The molecule has 7 heteroatoms. The van der Waals surface area contributed by atoms with E-state index < -0.39 is 0 Å². The Morgan fingerprint density at radius 2 is 1.90 bits per heavy atom. The van der Waals surface area contributed by atoms with Gasteiger partial charge in [-0.3, -0.25) is 4.99 Å². The van der Waals surface area contributed by atoms with Crippen LogP contribution in [0.3, 0.4) is 0 Å². The van der Waals surface area contributed by atoms with E-state index in [9.17, 15) is 0 Å². The Morgan fingerprint density at radius 3 is 2.50 bits per heavy atom. The van der Waals surface area contributed by atoms with Crippen molar-refractivity contribution in [1.82, 2.24) is 20.8 Å². The fourth-order valence-electron chi connectivity index (χ4n) is 1.58. The van der Waals surface area contributed by atoms with Gasteiger partial charge in [-0.15, -0.1) is 24.0 Å². The van der Waals surface area contributed by atoms with Crippen LogP contribution in [0.4, 0.5) is 0 Å². The maximum atomic E-state index is 4.90. The first-order valence-electron chi connectivity index (χ1n) is 6.05. The number of guanidine groups is 1. The van der Waals surface area contributed by atoms with Crippen molar-refractivity contribution in [2.24, 2.45) is 4.99 Å². The Bertz CT molecular complexity index is 541. The van der Waals surface area contributed by atoms with Crippen molar-refractivity contribution in [2.75, 3.05) is 7.05 Å². The minimum atomic E-state index is 0. The summed E-state index contributed by atoms with van der Waals surface area (Å²) in [5.74, 6) is 1.87. The monoisotopic (exact) mass is 387 g/mol. The molecule has 0 aliphatic heterocycles. The standard InChI is InChI=1S/C13H17N5O.HI/c1-10-17-12(18-19-10)9-16-13(14-2)15-8-11-6-4-3-5-7-11;/h3-7H,8-9H2,1-2H3,(H2,14,15,16);1H. The van der Waals surface area contributed by atoms with Crippen LogP contribution in [0.1, 0.15) is 17.3 Å². The number of hydrogen-bond acceptors (Lipinski definition) is 4. The van der Waals surface area contributed by atoms with Crippen molar-refractivity contribution in [3.63, 3.8) is 0 Å². The van der Waals surface area contributed by atoms with Gasteiger partial charge in [0, 0.05) is 20.5 Å². The zero-order chi connectivity index (χ0) is 13.5. The Balaban J connectivity index is 0.00000200. The lowest BCUT2D eigenvalue weighted by atomic mass is 10.2. The van der Waals surface area contributed by atoms with Crippen molar-refractivity contribution in [1.29, 1.82) is 0 Å². The zero-order valence-electron chi connectivity index (χ0n) is 11.5. The van der Waals surface area contributed by atoms with Gasteiger partial charge >= 0.3 is 0 Å². The second kappa shape index (κ2) is 8.51. The van der Waals surface area contributed by atoms with Gasteiger partial charge in [-0.1, -0.05) is 35.5 Å². The number of nitrogens with zero attached hydrogens (tertiary/aromatic N) is 3. The molecule has 2 rings (SSSR count). The predicted octanol–water partition coefficient (Wildman–Crippen LogP) is 1.86. The van der Waals surface area contributed by atoms with Crippen molar-refractivity contribution in [3.8, 4) is 0 Å². The molecule has 20 heavy (non-hydrogen) atoms. The van der Waals surface area contributed by atoms with Crippen molar-refractivity contribution in [3.05, 3.63) is 47.6 Å². The molecule has 0 radical (unpaired) electrons. The molecule has 108 valence electrons. The molecule has 2 aromatic rings. The summed E-state index contributed by atoms with van der Waals surface area (Å²) < 4.78 is 4.90. The molecule has 1 heterocycles. The van der Waals surface area contributed by atoms with Gasteiger partial charge in [0.2, 0.25) is 5.89 Å². The third-order valence-corrected chi connectivity index (χ3v) is 2.51. The van der Waals surface area contributed by atoms with Crippen LogP contribution in [0.2, 0.25) is 0 Å². The van der Waals surface area contributed by atoms with E-state index in [0.717, 1.165) is 0 Å². The van der Waals surface area contributed by atoms with Gasteiger partial charge in [0.15, 0.2) is 11.8 Å². The molecule has 1 aromatic carbocycles. The van der Waals surface area contributed by atoms with Gasteiger partial charge < -0.3 is 15.2 Å². The Labute approximate surface area is 135 Å². The van der Waals surface area contributed by atoms with Crippen LogP contribution in [0.15, 0.2) is 39.8 Å². The lowest BCUT2D eigenvalue weighted by Gasteiger charge is -2.10. The summed E-state index contributed by atoms with van der Waals surface area (Å²) in [6.45, 7) is 2.95. The van der Waals surface area contributed by atoms with E-state index in [2.05, 4.69) is 37.9 Å². The highest BCUT2D eigenvalue weighted by Gasteiger charge is 2.03. The number of aliphatic imine (C=N–C) groups is 1. The van der Waals surface area contributed by atoms with Gasteiger partial charge in [-0.25, -0.2) is 0 Å². The molecule has 0 spiro atoms. The van der Waals surface area contributed by atoms with Crippen LogP contribution in [-0.4, -0.2) is 23.1 Å². The molecule has 2 N–H and O–H groups in total. The highest BCUT2D eigenvalue weighted by atomic mass is 127. The van der Waals surface area contributed by atoms with Crippen LogP contribution >= 0.6 is 24.0 Å². The van der Waals surface area contributed by atoms with Crippen LogP contribution in [-0.2, 0) is 13.1 Å². The van der Waals surface area contributed by atoms with Gasteiger partial charge in [-0.2, -0.15) is 4.98 Å². The molecular weight excluding hydrogens is 369 g/mol. The fraction of sp³-hybridized carbons (Fsp3) is 0.308. The molecule has 0 saturated heterocycles. The first-order valence-corrected chi connectivity index (χ1v) is 6.05. The number of aryl methyl sites for hydroxylation is 1. The van der Waals surface area contributed by atoms with Gasteiger partial charge in [-0.05, 0) is 5.56 Å². The number of aromatic nitrogens is 2. The molecule has 0 saturated carbocycles. The third-order valence-electron chi connectivity index (χ3n) is 2.51. The third kappa shape index (κ3) is 5.16. The molecule has 0 bridgehead atoms. The molecule has 0 atom stereocenters. The summed E-state index contributed by atoms with van der Waals surface area (Å²) in [5.41, 5.74) is 1.20. The van der Waals surface area contributed by atoms with Gasteiger partial charge in [0.1, 0.15) is 0 Å². The average molecular weight is 387 g/mol. The number of rotatable bonds is 4. The smallest absolute Gasteiger partial charge is 0.223 e. The predicted molar refractivity (Wildman–Crippen MR) is 87.9 cm³/mol. The largest absolute Gasteiger partial charge is 0.352 e. The maximum absolute atomic E-state index is 4.90. The lowest BCUT2D eigenvalue weighted by molar-refractivity contribution is 0.387. The second-order valence-corrected chi connectivity index (χ2v) is 3.99. The average Bonchev–Trinajstić information content (AvgIpc) is 2.86. The molecule has 0 aliphatic rings. The van der Waals surface area contributed by atoms with Crippen molar-refractivity contribution < 1.29 is 4.52 Å². The molecule has 6 nitrogen and oxygen atoms in total. The summed E-state index contributed by atoms with van der Waals surface area (Å²) in [4.78, 5) is 8.25. The number of benzene rings is 1. The summed E-state index contributed by atoms with van der Waals surface area (Å²) >= 11 is 0. The molecule has 0 aliphatic carbocycles. The normalized spacial score (nSPS) is 10.8. The maximum Gasteiger partial charge on any atom is 0.223 e. The SMILES string of the molecule is CN=C(NCc1ccccc1)NCc1noc(C)n1.I. The summed E-state index contributed by atoms with van der Waals surface area (Å²) in [5, 5.41) is 10.1. The molecule has 1 aromatic heterocycles. The van der Waals surface area contributed by atoms with Gasteiger partial charge in [0.05, 0.1) is 6.54 Å². The van der Waals surface area contributed by atoms with Crippen LogP contribution in [0.25, 0.3) is 0 Å². The number of halogens is 1. The van der Waals surface area contributed by atoms with E-state index in [1.807, 2.05) is 18.2 Å². The minimum absolute atomic E-state index is 0. The van der Waals surface area contributed by atoms with E-state index in [-0.39, 0.29) is 24.0 Å². The quantitative estimate of drug-likeness (QED) is 0.476. The van der Waals surface area contributed by atoms with Crippen molar-refractivity contribution >= 4 is 29.9 Å². The topological polar surface area (TPSA) is 75.3 Å². The first-order chi connectivity index (χ1) is 9.28. The van der Waals surface area contributed by atoms with E-state index >= 15 is 0 Å². The molecule has 0 fully saturated rings. The first kappa shape index (κ1) is 16.4. The molecular formula is C13H18IN5O. The zero-order valence-corrected chi connectivity index (χ0v) is 13.8. The summed E-state index contributed by atoms with van der Waals surface area (Å²) in [7, 11) is 1.72. The highest BCUT2D eigenvalue weighted by Crippen LogP contribution is 1.97. The Kier molecular flexibility index (Phi) is 6.99. The van der Waals surface area contributed by atoms with E-state index in [1.54, 1.807) is 14.0 Å². The summed E-state index contributed by atoms with van der Waals surface area (Å²) in [6.07, 6.45) is 0. The summed E-state index contributed by atoms with van der Waals surface area (Å²) in [6, 6.07) is 10.1. The fourth-order valence-corrected chi connectivity index (χ4v) is 1.58. The lowest BCUT2D eigenvalue weighted by Crippen LogP contribution is -2.36.